The maximum Gasteiger partial charge on any atom is 0.0461 e. The van der Waals surface area contributed by atoms with Gasteiger partial charge in [-0.1, -0.05) is 115 Å². The molecule has 2 nitrogen and oxygen atoms in total. The van der Waals surface area contributed by atoms with Crippen molar-refractivity contribution in [2.24, 2.45) is 0 Å². The molecule has 0 fully saturated rings. The third kappa shape index (κ3) is 6.32. The first-order valence-electron chi connectivity index (χ1n) is 15.9. The summed E-state index contributed by atoms with van der Waals surface area (Å²) in [5.41, 5.74) is 12.3. The van der Waals surface area contributed by atoms with E-state index in [0.717, 1.165) is 30.6 Å². The van der Waals surface area contributed by atoms with E-state index >= 15 is 0 Å². The van der Waals surface area contributed by atoms with E-state index in [0.29, 0.717) is 5.92 Å². The lowest BCUT2D eigenvalue weighted by Gasteiger charge is -2.30. The minimum absolute atomic E-state index is 0.339. The molecule has 1 unspecified atom stereocenters. The molecule has 0 aromatic heterocycles. The van der Waals surface area contributed by atoms with Crippen LogP contribution in [0.5, 0.6) is 0 Å². The molecule has 0 N–H and O–H groups in total. The third-order valence-electron chi connectivity index (χ3n) is 8.74. The fraction of sp³-hybridized carbons (Fsp3) is 0.116. The molecule has 2 heteroatoms. The Balaban J connectivity index is 1.12. The van der Waals surface area contributed by atoms with Crippen LogP contribution in [0.3, 0.4) is 0 Å². The van der Waals surface area contributed by atoms with Gasteiger partial charge in [0.15, 0.2) is 0 Å². The molecule has 0 radical (unpaired) electrons. The summed E-state index contributed by atoms with van der Waals surface area (Å²) in [6.45, 7) is 2.13. The highest BCUT2D eigenvalue weighted by atomic mass is 15.2. The van der Waals surface area contributed by atoms with Crippen molar-refractivity contribution in [3.63, 3.8) is 0 Å². The SMILES string of the molecule is Cc1ccc(-c2ccc(N(C3=CCC(c4ccc(N(C5=CC=CCC5)c5ccccc5)cc4)C=C3)c3ccccc3)cc2)cc1. The molecule has 2 aliphatic carbocycles. The molecule has 0 heterocycles. The van der Waals surface area contributed by atoms with Gasteiger partial charge in [0.1, 0.15) is 0 Å². The topological polar surface area (TPSA) is 6.48 Å². The van der Waals surface area contributed by atoms with E-state index in [1.54, 1.807) is 0 Å². The second-order valence-corrected chi connectivity index (χ2v) is 11.8. The van der Waals surface area contributed by atoms with Crippen molar-refractivity contribution in [2.45, 2.75) is 32.1 Å². The van der Waals surface area contributed by atoms with E-state index in [2.05, 4.69) is 187 Å². The zero-order valence-corrected chi connectivity index (χ0v) is 25.8. The molecular weight excluding hydrogens is 544 g/mol. The lowest BCUT2D eigenvalue weighted by Crippen LogP contribution is -2.18. The first kappa shape index (κ1) is 28.4. The Morgan fingerprint density at radius 1 is 0.578 bits per heavy atom. The van der Waals surface area contributed by atoms with Gasteiger partial charge in [-0.05, 0) is 104 Å². The number of benzene rings is 5. The molecule has 0 spiro atoms. The first-order valence-corrected chi connectivity index (χ1v) is 15.9. The molecule has 0 saturated carbocycles. The van der Waals surface area contributed by atoms with Gasteiger partial charge < -0.3 is 9.80 Å². The second-order valence-electron chi connectivity index (χ2n) is 11.8. The summed E-state index contributed by atoms with van der Waals surface area (Å²) in [6.07, 6.45) is 16.8. The van der Waals surface area contributed by atoms with Crippen LogP contribution < -0.4 is 9.80 Å². The Morgan fingerprint density at radius 3 is 1.71 bits per heavy atom. The number of aryl methyl sites for hydroxylation is 1. The largest absolute Gasteiger partial charge is 0.314 e. The summed E-state index contributed by atoms with van der Waals surface area (Å²) in [5.74, 6) is 0.339. The van der Waals surface area contributed by atoms with Crippen LogP contribution in [0.4, 0.5) is 22.7 Å². The first-order chi connectivity index (χ1) is 22.2. The van der Waals surface area contributed by atoms with Crippen LogP contribution >= 0.6 is 0 Å². The third-order valence-corrected chi connectivity index (χ3v) is 8.74. The van der Waals surface area contributed by atoms with Gasteiger partial charge in [-0.25, -0.2) is 0 Å². The fourth-order valence-corrected chi connectivity index (χ4v) is 6.30. The number of hydrogen-bond acceptors (Lipinski definition) is 2. The maximum absolute atomic E-state index is 2.39. The maximum atomic E-state index is 2.39. The molecule has 0 amide bonds. The van der Waals surface area contributed by atoms with E-state index in [1.165, 1.54) is 45.0 Å². The lowest BCUT2D eigenvalue weighted by atomic mass is 9.91. The number of allylic oxidation sites excluding steroid dienone is 7. The van der Waals surface area contributed by atoms with Gasteiger partial charge in [0, 0.05) is 40.1 Å². The quantitative estimate of drug-likeness (QED) is 0.180. The van der Waals surface area contributed by atoms with E-state index in [9.17, 15) is 0 Å². The number of nitrogens with zero attached hydrogens (tertiary/aromatic N) is 2. The average Bonchev–Trinajstić information content (AvgIpc) is 3.11. The highest BCUT2D eigenvalue weighted by Crippen LogP contribution is 2.38. The van der Waals surface area contributed by atoms with Crippen LogP contribution in [-0.2, 0) is 0 Å². The Hall–Kier alpha value is -5.34. The van der Waals surface area contributed by atoms with Crippen LogP contribution in [0.25, 0.3) is 11.1 Å². The Bertz CT molecular complexity index is 1840. The molecule has 0 aliphatic heterocycles. The molecule has 0 bridgehead atoms. The van der Waals surface area contributed by atoms with Gasteiger partial charge in [-0.2, -0.15) is 0 Å². The minimum Gasteiger partial charge on any atom is -0.314 e. The van der Waals surface area contributed by atoms with Gasteiger partial charge in [-0.15, -0.1) is 0 Å². The van der Waals surface area contributed by atoms with Crippen LogP contribution in [0.1, 0.15) is 36.3 Å². The second kappa shape index (κ2) is 13.1. The summed E-state index contributed by atoms with van der Waals surface area (Å²) in [6, 6.07) is 48.2. The van der Waals surface area contributed by atoms with Crippen molar-refractivity contribution in [1.82, 2.24) is 0 Å². The number of anilines is 4. The van der Waals surface area contributed by atoms with Crippen LogP contribution in [0, 0.1) is 6.92 Å². The number of para-hydroxylation sites is 2. The highest BCUT2D eigenvalue weighted by Gasteiger charge is 2.20. The van der Waals surface area contributed by atoms with Gasteiger partial charge in [0.25, 0.3) is 0 Å². The molecule has 220 valence electrons. The molecule has 2 aliphatic rings. The van der Waals surface area contributed by atoms with Gasteiger partial charge in [0.05, 0.1) is 0 Å². The smallest absolute Gasteiger partial charge is 0.0461 e. The monoisotopic (exact) mass is 582 g/mol. The highest BCUT2D eigenvalue weighted by molar-refractivity contribution is 5.74. The van der Waals surface area contributed by atoms with E-state index in [4.69, 9.17) is 0 Å². The van der Waals surface area contributed by atoms with Crippen molar-refractivity contribution in [3.8, 4) is 11.1 Å². The van der Waals surface area contributed by atoms with Gasteiger partial charge in [-0.3, -0.25) is 0 Å². The molecule has 5 aromatic rings. The van der Waals surface area contributed by atoms with Gasteiger partial charge in [0.2, 0.25) is 0 Å². The van der Waals surface area contributed by atoms with Crippen molar-refractivity contribution in [1.29, 1.82) is 0 Å². The summed E-state index contributed by atoms with van der Waals surface area (Å²) >= 11 is 0. The fourth-order valence-electron chi connectivity index (χ4n) is 6.30. The summed E-state index contributed by atoms with van der Waals surface area (Å²) in [7, 11) is 0. The zero-order valence-electron chi connectivity index (χ0n) is 25.8. The van der Waals surface area contributed by atoms with Crippen molar-refractivity contribution in [2.75, 3.05) is 9.80 Å². The van der Waals surface area contributed by atoms with E-state index < -0.39 is 0 Å². The predicted octanol–water partition coefficient (Wildman–Crippen LogP) is 11.8. The summed E-state index contributed by atoms with van der Waals surface area (Å²) in [5, 5.41) is 0. The van der Waals surface area contributed by atoms with Crippen molar-refractivity contribution in [3.05, 3.63) is 192 Å². The van der Waals surface area contributed by atoms with E-state index in [1.807, 2.05) is 0 Å². The molecule has 45 heavy (non-hydrogen) atoms. The summed E-state index contributed by atoms with van der Waals surface area (Å²) in [4.78, 5) is 4.75. The Kier molecular flexibility index (Phi) is 8.29. The Labute approximate surface area is 267 Å². The molecule has 5 aromatic carbocycles. The van der Waals surface area contributed by atoms with Crippen molar-refractivity contribution >= 4 is 22.7 Å². The number of rotatable bonds is 8. The normalized spacial score (nSPS) is 15.7. The molecule has 1 atom stereocenters. The van der Waals surface area contributed by atoms with E-state index in [-0.39, 0.29) is 0 Å². The van der Waals surface area contributed by atoms with Crippen LogP contribution in [-0.4, -0.2) is 0 Å². The molecule has 7 rings (SSSR count). The van der Waals surface area contributed by atoms with Crippen molar-refractivity contribution < 1.29 is 0 Å². The standard InChI is InChI=1S/C43H38N2/c1-33-17-19-34(20-18-33)35-21-29-42(30-22-35)45(40-15-9-4-10-16-40)43-31-25-37(26-32-43)36-23-27-41(28-24-36)44(38-11-5-2-6-12-38)39-13-7-3-8-14-39/h2-7,9-13,15-25,27-32,37H,8,14,26H2,1H3. The summed E-state index contributed by atoms with van der Waals surface area (Å²) < 4.78 is 0. The molecule has 0 saturated heterocycles. The minimum atomic E-state index is 0.339. The lowest BCUT2D eigenvalue weighted by molar-refractivity contribution is 0.839. The predicted molar refractivity (Wildman–Crippen MR) is 191 cm³/mol. The zero-order chi connectivity index (χ0) is 30.4. The Morgan fingerprint density at radius 2 is 1.13 bits per heavy atom. The van der Waals surface area contributed by atoms with Gasteiger partial charge >= 0.3 is 0 Å². The number of hydrogen-bond donors (Lipinski definition) is 0. The van der Waals surface area contributed by atoms with Crippen LogP contribution in [0.15, 0.2) is 181 Å². The average molecular weight is 583 g/mol. The molecular formula is C43H38N2. The van der Waals surface area contributed by atoms with Crippen LogP contribution in [0.2, 0.25) is 0 Å².